The molecular formula is C25H25NO3. The molecule has 0 saturated heterocycles. The second-order valence-electron chi connectivity index (χ2n) is 6.77. The van der Waals surface area contributed by atoms with Gasteiger partial charge in [-0.15, -0.1) is 0 Å². The molecule has 0 atom stereocenters. The van der Waals surface area contributed by atoms with E-state index in [0.29, 0.717) is 11.6 Å². The number of benzene rings is 3. The fourth-order valence-corrected chi connectivity index (χ4v) is 2.60. The fraction of sp³-hybridized carbons (Fsp3) is 0.160. The van der Waals surface area contributed by atoms with Crippen molar-refractivity contribution in [3.63, 3.8) is 0 Å². The number of nitrogens with zero attached hydrogens (tertiary/aromatic N) is 1. The van der Waals surface area contributed by atoms with E-state index in [9.17, 15) is 0 Å². The Morgan fingerprint density at radius 1 is 0.793 bits per heavy atom. The number of aryl methyl sites for hydroxylation is 2. The molecule has 0 amide bonds. The van der Waals surface area contributed by atoms with Crippen molar-refractivity contribution in [2.24, 2.45) is 4.99 Å². The molecule has 0 aliphatic heterocycles. The molecule has 0 N–H and O–H groups in total. The van der Waals surface area contributed by atoms with Crippen LogP contribution in [0.5, 0.6) is 17.2 Å². The van der Waals surface area contributed by atoms with Crippen LogP contribution in [0.15, 0.2) is 89.6 Å². The van der Waals surface area contributed by atoms with E-state index < -0.39 is 0 Å². The number of hydrogen-bond donors (Lipinski definition) is 0. The van der Waals surface area contributed by atoms with Gasteiger partial charge in [-0.05, 0) is 62.7 Å². The van der Waals surface area contributed by atoms with Crippen LogP contribution in [0.2, 0.25) is 0 Å². The molecule has 0 radical (unpaired) electrons. The summed E-state index contributed by atoms with van der Waals surface area (Å²) in [5, 5.41) is 0. The van der Waals surface area contributed by atoms with E-state index in [4.69, 9.17) is 19.2 Å². The lowest BCUT2D eigenvalue weighted by molar-refractivity contribution is 0.408. The summed E-state index contributed by atoms with van der Waals surface area (Å²) in [6.45, 7) is 5.98. The smallest absolute Gasteiger partial charge is 0.225 e. The van der Waals surface area contributed by atoms with Gasteiger partial charge in [0.2, 0.25) is 5.90 Å². The minimum Gasteiger partial charge on any atom is -0.497 e. The Kier molecular flexibility index (Phi) is 6.69. The van der Waals surface area contributed by atoms with E-state index in [1.54, 1.807) is 13.4 Å². The topological polar surface area (TPSA) is 40.0 Å². The Bertz CT molecular complexity index is 1020. The SMILES string of the molecule is COc1cccc(O/C=C(\C)C(=Nc2ccc(C)cc2)Oc2cccc(C)c2)c1. The Labute approximate surface area is 172 Å². The van der Waals surface area contributed by atoms with Crippen LogP contribution in [0, 0.1) is 13.8 Å². The van der Waals surface area contributed by atoms with E-state index in [1.165, 1.54) is 5.56 Å². The molecule has 3 rings (SSSR count). The molecule has 148 valence electrons. The standard InChI is InChI=1S/C25H25NO3/c1-18-11-13-21(14-12-18)26-25(29-24-10-5-7-19(2)15-24)20(3)17-28-23-9-6-8-22(16-23)27-4/h5-17H,1-4H3/b20-17+,26-25?. The summed E-state index contributed by atoms with van der Waals surface area (Å²) < 4.78 is 17.1. The van der Waals surface area contributed by atoms with Gasteiger partial charge in [0.1, 0.15) is 17.2 Å². The number of ether oxygens (including phenoxy) is 3. The van der Waals surface area contributed by atoms with Crippen LogP contribution in [0.4, 0.5) is 5.69 Å². The van der Waals surface area contributed by atoms with Crippen molar-refractivity contribution in [3.05, 3.63) is 95.8 Å². The first-order chi connectivity index (χ1) is 14.0. The Hall–Kier alpha value is -3.53. The number of hydrogen-bond acceptors (Lipinski definition) is 4. The molecule has 3 aromatic carbocycles. The van der Waals surface area contributed by atoms with Gasteiger partial charge in [-0.3, -0.25) is 0 Å². The zero-order chi connectivity index (χ0) is 20.6. The van der Waals surface area contributed by atoms with Gasteiger partial charge in [0.05, 0.1) is 19.1 Å². The van der Waals surface area contributed by atoms with Crippen LogP contribution in [0.3, 0.4) is 0 Å². The summed E-state index contributed by atoms with van der Waals surface area (Å²) in [5.41, 5.74) is 3.87. The third-order valence-electron chi connectivity index (χ3n) is 4.22. The number of methoxy groups -OCH3 is 1. The molecule has 0 aromatic heterocycles. The van der Waals surface area contributed by atoms with Crippen LogP contribution in [0.25, 0.3) is 0 Å². The van der Waals surface area contributed by atoms with Crippen LogP contribution in [0.1, 0.15) is 18.1 Å². The molecule has 0 bridgehead atoms. The summed E-state index contributed by atoms with van der Waals surface area (Å²) in [5.74, 6) is 2.61. The minimum absolute atomic E-state index is 0.474. The third-order valence-corrected chi connectivity index (χ3v) is 4.22. The molecule has 4 heteroatoms. The molecule has 3 aromatic rings. The van der Waals surface area contributed by atoms with Gasteiger partial charge < -0.3 is 14.2 Å². The van der Waals surface area contributed by atoms with Crippen LogP contribution in [-0.4, -0.2) is 13.0 Å². The monoisotopic (exact) mass is 387 g/mol. The average molecular weight is 387 g/mol. The van der Waals surface area contributed by atoms with Gasteiger partial charge in [-0.25, -0.2) is 4.99 Å². The second kappa shape index (κ2) is 9.60. The van der Waals surface area contributed by atoms with Crippen molar-refractivity contribution in [1.29, 1.82) is 0 Å². The van der Waals surface area contributed by atoms with Crippen molar-refractivity contribution in [1.82, 2.24) is 0 Å². The minimum atomic E-state index is 0.474. The highest BCUT2D eigenvalue weighted by atomic mass is 16.5. The van der Waals surface area contributed by atoms with E-state index in [1.807, 2.05) is 93.6 Å². The lowest BCUT2D eigenvalue weighted by Crippen LogP contribution is -2.11. The van der Waals surface area contributed by atoms with Crippen molar-refractivity contribution in [2.75, 3.05) is 7.11 Å². The summed E-state index contributed by atoms with van der Waals surface area (Å²) >= 11 is 0. The Balaban J connectivity index is 1.88. The predicted octanol–water partition coefficient (Wildman–Crippen LogP) is 6.40. The van der Waals surface area contributed by atoms with Gasteiger partial charge in [0.15, 0.2) is 0 Å². The van der Waals surface area contributed by atoms with E-state index in [-0.39, 0.29) is 0 Å². The molecule has 0 unspecified atom stereocenters. The zero-order valence-corrected chi connectivity index (χ0v) is 17.2. The van der Waals surface area contributed by atoms with Crippen molar-refractivity contribution in [3.8, 4) is 17.2 Å². The lowest BCUT2D eigenvalue weighted by atomic mass is 10.2. The fourth-order valence-electron chi connectivity index (χ4n) is 2.60. The summed E-state index contributed by atoms with van der Waals surface area (Å²) in [6, 6.07) is 23.3. The van der Waals surface area contributed by atoms with Gasteiger partial charge >= 0.3 is 0 Å². The van der Waals surface area contributed by atoms with Gasteiger partial charge in [0.25, 0.3) is 0 Å². The highest BCUT2D eigenvalue weighted by Crippen LogP contribution is 2.21. The van der Waals surface area contributed by atoms with Crippen LogP contribution >= 0.6 is 0 Å². The van der Waals surface area contributed by atoms with Crippen molar-refractivity contribution < 1.29 is 14.2 Å². The Morgan fingerprint density at radius 2 is 1.48 bits per heavy atom. The molecule has 0 fully saturated rings. The van der Waals surface area contributed by atoms with E-state index in [0.717, 1.165) is 28.3 Å². The first-order valence-corrected chi connectivity index (χ1v) is 9.41. The van der Waals surface area contributed by atoms with Gasteiger partial charge in [-0.2, -0.15) is 0 Å². The maximum atomic E-state index is 6.10. The molecule has 0 aliphatic carbocycles. The largest absolute Gasteiger partial charge is 0.497 e. The number of aliphatic imine (C=N–C) groups is 1. The predicted molar refractivity (Wildman–Crippen MR) is 117 cm³/mol. The lowest BCUT2D eigenvalue weighted by Gasteiger charge is -2.11. The summed E-state index contributed by atoms with van der Waals surface area (Å²) in [7, 11) is 1.63. The normalized spacial score (nSPS) is 11.9. The summed E-state index contributed by atoms with van der Waals surface area (Å²) in [6.07, 6.45) is 1.64. The molecule has 0 spiro atoms. The Morgan fingerprint density at radius 3 is 2.21 bits per heavy atom. The van der Waals surface area contributed by atoms with E-state index in [2.05, 4.69) is 0 Å². The average Bonchev–Trinajstić information content (AvgIpc) is 2.73. The number of rotatable bonds is 6. The van der Waals surface area contributed by atoms with Crippen LogP contribution < -0.4 is 14.2 Å². The first kappa shape index (κ1) is 20.2. The maximum Gasteiger partial charge on any atom is 0.225 e. The molecule has 0 saturated carbocycles. The van der Waals surface area contributed by atoms with Gasteiger partial charge in [-0.1, -0.05) is 35.9 Å². The van der Waals surface area contributed by atoms with Gasteiger partial charge in [0, 0.05) is 11.6 Å². The highest BCUT2D eigenvalue weighted by Gasteiger charge is 2.08. The quantitative estimate of drug-likeness (QED) is 0.279. The van der Waals surface area contributed by atoms with Crippen molar-refractivity contribution >= 4 is 11.6 Å². The van der Waals surface area contributed by atoms with E-state index >= 15 is 0 Å². The first-order valence-electron chi connectivity index (χ1n) is 9.41. The molecule has 0 heterocycles. The third kappa shape index (κ3) is 5.98. The molecular weight excluding hydrogens is 362 g/mol. The maximum absolute atomic E-state index is 6.10. The summed E-state index contributed by atoms with van der Waals surface area (Å²) in [4.78, 5) is 4.69. The zero-order valence-electron chi connectivity index (χ0n) is 17.2. The van der Waals surface area contributed by atoms with Crippen molar-refractivity contribution in [2.45, 2.75) is 20.8 Å². The van der Waals surface area contributed by atoms with Crippen LogP contribution in [-0.2, 0) is 0 Å². The molecule has 4 nitrogen and oxygen atoms in total. The highest BCUT2D eigenvalue weighted by molar-refractivity contribution is 5.96. The molecule has 29 heavy (non-hydrogen) atoms. The second-order valence-corrected chi connectivity index (χ2v) is 6.77. The molecule has 0 aliphatic rings.